The summed E-state index contributed by atoms with van der Waals surface area (Å²) in [6, 6.07) is 20.2. The molecule has 5 aromatic rings. The number of hydrogen-bond donors (Lipinski definition) is 1. The highest BCUT2D eigenvalue weighted by atomic mass is 16.3. The van der Waals surface area contributed by atoms with Gasteiger partial charge in [0, 0.05) is 23.3 Å². The molecule has 4 heteroatoms. The van der Waals surface area contributed by atoms with Crippen molar-refractivity contribution in [2.24, 2.45) is 0 Å². The molecule has 0 aliphatic heterocycles. The van der Waals surface area contributed by atoms with Crippen molar-refractivity contribution in [1.29, 1.82) is 0 Å². The Kier molecular flexibility index (Phi) is 3.64. The Bertz CT molecular complexity index is 1310. The highest BCUT2D eigenvalue weighted by Crippen LogP contribution is 2.28. The maximum atomic E-state index is 10.3. The zero-order chi connectivity index (χ0) is 19.3. The van der Waals surface area contributed by atoms with Gasteiger partial charge in [-0.3, -0.25) is 0 Å². The number of nitrogens with zero attached hydrogens (tertiary/aromatic N) is 2. The lowest BCUT2D eigenvalue weighted by Crippen LogP contribution is -2.15. The highest BCUT2D eigenvalue weighted by molar-refractivity contribution is 5.83. The van der Waals surface area contributed by atoms with E-state index in [2.05, 4.69) is 24.4 Å². The minimum absolute atomic E-state index is 0.867. The Morgan fingerprint density at radius 3 is 2.61 bits per heavy atom. The largest absolute Gasteiger partial charge is 0.464 e. The summed E-state index contributed by atoms with van der Waals surface area (Å²) in [5.41, 5.74) is 5.92. The molecule has 4 nitrogen and oxygen atoms in total. The van der Waals surface area contributed by atoms with Crippen LogP contribution in [0.3, 0.4) is 0 Å². The van der Waals surface area contributed by atoms with E-state index in [1.807, 2.05) is 53.1 Å². The Labute approximate surface area is 162 Å². The molecule has 5 rings (SSSR count). The van der Waals surface area contributed by atoms with E-state index in [-0.39, 0.29) is 0 Å². The molecule has 0 aliphatic carbocycles. The first-order valence-corrected chi connectivity index (χ1v) is 9.27. The zero-order valence-corrected chi connectivity index (χ0v) is 15.8. The van der Waals surface area contributed by atoms with E-state index in [4.69, 9.17) is 9.40 Å². The van der Waals surface area contributed by atoms with Crippen LogP contribution >= 0.6 is 0 Å². The van der Waals surface area contributed by atoms with E-state index in [1.165, 1.54) is 0 Å². The fraction of sp³-hybridized carbons (Fsp3) is 0.125. The van der Waals surface area contributed by atoms with Crippen molar-refractivity contribution in [3.05, 3.63) is 84.9 Å². The average Bonchev–Trinajstić information content (AvgIpc) is 3.32. The van der Waals surface area contributed by atoms with Gasteiger partial charge in [-0.05, 0) is 73.0 Å². The minimum Gasteiger partial charge on any atom is -0.464 e. The van der Waals surface area contributed by atoms with Gasteiger partial charge in [-0.15, -0.1) is 0 Å². The Balaban J connectivity index is 1.57. The standard InChI is InChI=1S/C24H20N2O2/c1-24(2,27)20-5-3-4-16(13-20)19-7-9-23-25-21(15-26(23)14-19)17-6-8-22-18(12-17)10-11-28-22/h3-15,27H,1-2H3. The molecular formula is C24H20N2O2. The number of pyridine rings is 1. The molecule has 0 bridgehead atoms. The third kappa shape index (κ3) is 2.88. The quantitative estimate of drug-likeness (QED) is 0.448. The lowest BCUT2D eigenvalue weighted by molar-refractivity contribution is 0.0786. The van der Waals surface area contributed by atoms with Gasteiger partial charge in [0.1, 0.15) is 11.2 Å². The number of benzene rings is 2. The van der Waals surface area contributed by atoms with Crippen molar-refractivity contribution < 1.29 is 9.52 Å². The Morgan fingerprint density at radius 2 is 1.75 bits per heavy atom. The van der Waals surface area contributed by atoms with E-state index in [0.717, 1.165) is 44.6 Å². The second-order valence-electron chi connectivity index (χ2n) is 7.62. The number of rotatable bonds is 3. The summed E-state index contributed by atoms with van der Waals surface area (Å²) in [6.45, 7) is 3.60. The summed E-state index contributed by atoms with van der Waals surface area (Å²) < 4.78 is 7.47. The topological polar surface area (TPSA) is 50.7 Å². The zero-order valence-electron chi connectivity index (χ0n) is 15.8. The van der Waals surface area contributed by atoms with Crippen molar-refractivity contribution >= 4 is 16.6 Å². The molecule has 0 amide bonds. The number of imidazole rings is 1. The monoisotopic (exact) mass is 368 g/mol. The second kappa shape index (κ2) is 6.08. The minimum atomic E-state index is -0.867. The molecular weight excluding hydrogens is 348 g/mol. The fourth-order valence-corrected chi connectivity index (χ4v) is 3.51. The molecule has 1 N–H and O–H groups in total. The van der Waals surface area contributed by atoms with E-state index < -0.39 is 5.60 Å². The third-order valence-corrected chi connectivity index (χ3v) is 5.10. The van der Waals surface area contributed by atoms with Gasteiger partial charge in [-0.2, -0.15) is 0 Å². The summed E-state index contributed by atoms with van der Waals surface area (Å²) >= 11 is 0. The van der Waals surface area contributed by atoms with Gasteiger partial charge in [0.15, 0.2) is 0 Å². The predicted octanol–water partition coefficient (Wildman–Crippen LogP) is 5.64. The first-order valence-electron chi connectivity index (χ1n) is 9.27. The molecule has 0 spiro atoms. The number of aromatic nitrogens is 2. The van der Waals surface area contributed by atoms with Gasteiger partial charge >= 0.3 is 0 Å². The lowest BCUT2D eigenvalue weighted by Gasteiger charge is -2.18. The maximum Gasteiger partial charge on any atom is 0.137 e. The van der Waals surface area contributed by atoms with Gasteiger partial charge in [0.05, 0.1) is 17.6 Å². The van der Waals surface area contributed by atoms with Gasteiger partial charge in [-0.25, -0.2) is 4.98 Å². The van der Waals surface area contributed by atoms with Crippen LogP contribution in [0.4, 0.5) is 0 Å². The molecule has 0 radical (unpaired) electrons. The number of fused-ring (bicyclic) bond motifs is 2. The van der Waals surface area contributed by atoms with E-state index in [0.29, 0.717) is 0 Å². The molecule has 0 unspecified atom stereocenters. The molecule has 3 heterocycles. The summed E-state index contributed by atoms with van der Waals surface area (Å²) in [5, 5.41) is 11.4. The SMILES string of the molecule is CC(C)(O)c1cccc(-c2ccc3nc(-c4ccc5occc5c4)cn3c2)c1. The molecule has 0 aliphatic rings. The lowest BCUT2D eigenvalue weighted by atomic mass is 9.95. The van der Waals surface area contributed by atoms with Gasteiger partial charge in [0.2, 0.25) is 0 Å². The van der Waals surface area contributed by atoms with Gasteiger partial charge < -0.3 is 13.9 Å². The van der Waals surface area contributed by atoms with Crippen molar-refractivity contribution in [2.45, 2.75) is 19.4 Å². The molecule has 2 aromatic carbocycles. The van der Waals surface area contributed by atoms with Gasteiger partial charge in [0.25, 0.3) is 0 Å². The van der Waals surface area contributed by atoms with E-state index >= 15 is 0 Å². The van der Waals surface area contributed by atoms with Crippen LogP contribution in [-0.2, 0) is 5.60 Å². The highest BCUT2D eigenvalue weighted by Gasteiger charge is 2.16. The van der Waals surface area contributed by atoms with Crippen LogP contribution in [0.5, 0.6) is 0 Å². The molecule has 0 saturated carbocycles. The van der Waals surface area contributed by atoms with Crippen LogP contribution in [0.25, 0.3) is 39.0 Å². The number of aliphatic hydroxyl groups is 1. The normalized spacial score (nSPS) is 12.1. The summed E-state index contributed by atoms with van der Waals surface area (Å²) in [4.78, 5) is 4.76. The van der Waals surface area contributed by atoms with Crippen LogP contribution < -0.4 is 0 Å². The maximum absolute atomic E-state index is 10.3. The number of furan rings is 1. The van der Waals surface area contributed by atoms with E-state index in [1.54, 1.807) is 20.1 Å². The summed E-state index contributed by atoms with van der Waals surface area (Å²) in [5.74, 6) is 0. The Hall–Kier alpha value is -3.37. The fourth-order valence-electron chi connectivity index (χ4n) is 3.51. The van der Waals surface area contributed by atoms with Crippen molar-refractivity contribution in [1.82, 2.24) is 9.38 Å². The van der Waals surface area contributed by atoms with Crippen LogP contribution in [0.2, 0.25) is 0 Å². The first-order chi connectivity index (χ1) is 13.5. The summed E-state index contributed by atoms with van der Waals surface area (Å²) in [6.07, 6.45) is 5.82. The molecule has 3 aromatic heterocycles. The molecule has 28 heavy (non-hydrogen) atoms. The molecule has 138 valence electrons. The van der Waals surface area contributed by atoms with Gasteiger partial charge in [-0.1, -0.05) is 18.2 Å². The predicted molar refractivity (Wildman–Crippen MR) is 111 cm³/mol. The third-order valence-electron chi connectivity index (χ3n) is 5.10. The second-order valence-corrected chi connectivity index (χ2v) is 7.62. The van der Waals surface area contributed by atoms with Crippen molar-refractivity contribution in [3.63, 3.8) is 0 Å². The molecule has 0 saturated heterocycles. The number of hydrogen-bond acceptors (Lipinski definition) is 3. The smallest absolute Gasteiger partial charge is 0.137 e. The molecule has 0 atom stereocenters. The average molecular weight is 368 g/mol. The van der Waals surface area contributed by atoms with Crippen LogP contribution in [-0.4, -0.2) is 14.5 Å². The van der Waals surface area contributed by atoms with E-state index in [9.17, 15) is 5.11 Å². The van der Waals surface area contributed by atoms with Crippen LogP contribution in [0.15, 0.2) is 83.7 Å². The van der Waals surface area contributed by atoms with Crippen molar-refractivity contribution in [2.75, 3.05) is 0 Å². The van der Waals surface area contributed by atoms with Crippen molar-refractivity contribution in [3.8, 4) is 22.4 Å². The molecule has 0 fully saturated rings. The van der Waals surface area contributed by atoms with Crippen LogP contribution in [0.1, 0.15) is 19.4 Å². The Morgan fingerprint density at radius 1 is 0.893 bits per heavy atom. The van der Waals surface area contributed by atoms with Crippen LogP contribution in [0, 0.1) is 0 Å². The summed E-state index contributed by atoms with van der Waals surface area (Å²) in [7, 11) is 0. The first kappa shape index (κ1) is 16.8.